The Labute approximate surface area is 124 Å². The van der Waals surface area contributed by atoms with Crippen LogP contribution in [0, 0.1) is 0 Å². The van der Waals surface area contributed by atoms with Gasteiger partial charge in [0, 0.05) is 25.7 Å². The van der Waals surface area contributed by atoms with Crippen LogP contribution in [0.25, 0.3) is 0 Å². The van der Waals surface area contributed by atoms with Gasteiger partial charge in [0.2, 0.25) is 0 Å². The van der Waals surface area contributed by atoms with Gasteiger partial charge in [-0.3, -0.25) is 19.3 Å². The topological polar surface area (TPSA) is 57.7 Å². The molecular formula is C16H20N2O3. The van der Waals surface area contributed by atoms with Crippen LogP contribution >= 0.6 is 0 Å². The zero-order valence-corrected chi connectivity index (χ0v) is 12.7. The second kappa shape index (κ2) is 6.08. The van der Waals surface area contributed by atoms with Crippen molar-refractivity contribution in [2.45, 2.75) is 26.7 Å². The highest BCUT2D eigenvalue weighted by Gasteiger charge is 2.35. The summed E-state index contributed by atoms with van der Waals surface area (Å²) in [4.78, 5) is 39.5. The number of rotatable bonds is 5. The molecule has 0 bridgehead atoms. The maximum Gasteiger partial charge on any atom is 0.261 e. The lowest BCUT2D eigenvalue weighted by molar-refractivity contribution is 0.0652. The first-order valence-corrected chi connectivity index (χ1v) is 7.27. The summed E-state index contributed by atoms with van der Waals surface area (Å²) in [5, 5.41) is 0. The van der Waals surface area contributed by atoms with Crippen molar-refractivity contribution in [2.75, 3.05) is 20.1 Å². The summed E-state index contributed by atoms with van der Waals surface area (Å²) in [7, 11) is 1.70. The van der Waals surface area contributed by atoms with E-state index in [0.717, 1.165) is 12.8 Å². The Bertz CT molecular complexity index is 595. The molecule has 1 aliphatic rings. The van der Waals surface area contributed by atoms with E-state index in [1.807, 2.05) is 13.8 Å². The first-order valence-electron chi connectivity index (χ1n) is 7.27. The molecule has 1 aromatic rings. The van der Waals surface area contributed by atoms with Gasteiger partial charge in [-0.15, -0.1) is 0 Å². The van der Waals surface area contributed by atoms with Crippen molar-refractivity contribution in [3.63, 3.8) is 0 Å². The van der Waals surface area contributed by atoms with Gasteiger partial charge < -0.3 is 4.90 Å². The average molecular weight is 288 g/mol. The number of benzene rings is 1. The minimum absolute atomic E-state index is 0.146. The number of imide groups is 1. The predicted octanol–water partition coefficient (Wildman–Crippen LogP) is 2.17. The minimum Gasteiger partial charge on any atom is -0.342 e. The van der Waals surface area contributed by atoms with Crippen LogP contribution in [0.3, 0.4) is 0 Å². The molecule has 0 aliphatic carbocycles. The van der Waals surface area contributed by atoms with E-state index in [0.29, 0.717) is 29.8 Å². The van der Waals surface area contributed by atoms with Gasteiger partial charge in [0.1, 0.15) is 0 Å². The monoisotopic (exact) mass is 288 g/mol. The molecule has 0 fully saturated rings. The Hall–Kier alpha value is -2.17. The van der Waals surface area contributed by atoms with Crippen molar-refractivity contribution in [3.05, 3.63) is 34.9 Å². The molecule has 0 radical (unpaired) electrons. The standard InChI is InChI=1S/C16H20N2O3/c1-4-6-9-18-15(20)12-8-7-11(10-13(12)16(18)21)14(19)17(3)5-2/h7-8,10H,4-6,9H2,1-3H3. The highest BCUT2D eigenvalue weighted by molar-refractivity contribution is 6.22. The van der Waals surface area contributed by atoms with E-state index in [-0.39, 0.29) is 17.7 Å². The van der Waals surface area contributed by atoms with Gasteiger partial charge in [-0.25, -0.2) is 0 Å². The van der Waals surface area contributed by atoms with E-state index in [9.17, 15) is 14.4 Å². The Morgan fingerprint density at radius 1 is 1.14 bits per heavy atom. The summed E-state index contributed by atoms with van der Waals surface area (Å²) in [6.45, 7) is 4.91. The molecule has 0 atom stereocenters. The molecule has 0 aromatic heterocycles. The van der Waals surface area contributed by atoms with Gasteiger partial charge in [0.25, 0.3) is 17.7 Å². The Balaban J connectivity index is 2.31. The Morgan fingerprint density at radius 2 is 1.81 bits per heavy atom. The van der Waals surface area contributed by atoms with Crippen LogP contribution in [0.4, 0.5) is 0 Å². The van der Waals surface area contributed by atoms with Gasteiger partial charge in [-0.05, 0) is 31.5 Å². The van der Waals surface area contributed by atoms with E-state index in [4.69, 9.17) is 0 Å². The lowest BCUT2D eigenvalue weighted by Crippen LogP contribution is -2.30. The van der Waals surface area contributed by atoms with Crippen molar-refractivity contribution in [2.24, 2.45) is 0 Å². The lowest BCUT2D eigenvalue weighted by atomic mass is 10.1. The molecule has 0 saturated carbocycles. The molecule has 0 saturated heterocycles. The van der Waals surface area contributed by atoms with Crippen LogP contribution in [0.1, 0.15) is 57.8 Å². The lowest BCUT2D eigenvalue weighted by Gasteiger charge is -2.14. The fourth-order valence-electron chi connectivity index (χ4n) is 2.31. The van der Waals surface area contributed by atoms with E-state index < -0.39 is 0 Å². The van der Waals surface area contributed by atoms with Gasteiger partial charge in [0.15, 0.2) is 0 Å². The molecular weight excluding hydrogens is 268 g/mol. The van der Waals surface area contributed by atoms with Crippen LogP contribution in [0.15, 0.2) is 18.2 Å². The highest BCUT2D eigenvalue weighted by atomic mass is 16.2. The molecule has 5 nitrogen and oxygen atoms in total. The van der Waals surface area contributed by atoms with Crippen molar-refractivity contribution in [3.8, 4) is 0 Å². The highest BCUT2D eigenvalue weighted by Crippen LogP contribution is 2.24. The molecule has 2 rings (SSSR count). The predicted molar refractivity (Wildman–Crippen MR) is 79.4 cm³/mol. The zero-order chi connectivity index (χ0) is 15.6. The van der Waals surface area contributed by atoms with Crippen molar-refractivity contribution in [1.82, 2.24) is 9.80 Å². The summed E-state index contributed by atoms with van der Waals surface area (Å²) in [6.07, 6.45) is 1.70. The number of hydrogen-bond donors (Lipinski definition) is 0. The van der Waals surface area contributed by atoms with E-state index in [1.165, 1.54) is 11.0 Å². The number of fused-ring (bicyclic) bond motifs is 1. The second-order valence-corrected chi connectivity index (χ2v) is 5.20. The first kappa shape index (κ1) is 15.2. The molecule has 1 heterocycles. The third-order valence-electron chi connectivity index (χ3n) is 3.77. The summed E-state index contributed by atoms with van der Waals surface area (Å²) in [6, 6.07) is 4.73. The molecule has 0 N–H and O–H groups in total. The molecule has 0 spiro atoms. The third kappa shape index (κ3) is 2.68. The molecule has 1 aliphatic heterocycles. The summed E-state index contributed by atoms with van der Waals surface area (Å²) >= 11 is 0. The maximum atomic E-state index is 12.3. The number of carbonyl (C=O) groups excluding carboxylic acids is 3. The van der Waals surface area contributed by atoms with Gasteiger partial charge >= 0.3 is 0 Å². The number of unbranched alkanes of at least 4 members (excludes halogenated alkanes) is 1. The summed E-state index contributed by atoms with van der Waals surface area (Å²) in [5.41, 5.74) is 1.18. The van der Waals surface area contributed by atoms with Gasteiger partial charge in [-0.2, -0.15) is 0 Å². The van der Waals surface area contributed by atoms with Crippen LogP contribution in [0.5, 0.6) is 0 Å². The Morgan fingerprint density at radius 3 is 2.43 bits per heavy atom. The largest absolute Gasteiger partial charge is 0.342 e. The van der Waals surface area contributed by atoms with E-state index >= 15 is 0 Å². The normalized spacial score (nSPS) is 13.6. The fourth-order valence-corrected chi connectivity index (χ4v) is 2.31. The maximum absolute atomic E-state index is 12.3. The number of nitrogens with zero attached hydrogens (tertiary/aromatic N) is 2. The molecule has 0 unspecified atom stereocenters. The summed E-state index contributed by atoms with van der Waals surface area (Å²) < 4.78 is 0. The molecule has 3 amide bonds. The molecule has 21 heavy (non-hydrogen) atoms. The fraction of sp³-hybridized carbons (Fsp3) is 0.438. The minimum atomic E-state index is -0.294. The quantitative estimate of drug-likeness (QED) is 0.780. The van der Waals surface area contributed by atoms with Gasteiger partial charge in [-0.1, -0.05) is 13.3 Å². The van der Waals surface area contributed by atoms with Crippen molar-refractivity contribution < 1.29 is 14.4 Å². The first-order chi connectivity index (χ1) is 10.0. The van der Waals surface area contributed by atoms with E-state index in [1.54, 1.807) is 24.1 Å². The second-order valence-electron chi connectivity index (χ2n) is 5.20. The van der Waals surface area contributed by atoms with Crippen molar-refractivity contribution in [1.29, 1.82) is 0 Å². The van der Waals surface area contributed by atoms with Gasteiger partial charge in [0.05, 0.1) is 11.1 Å². The number of amides is 3. The van der Waals surface area contributed by atoms with Crippen LogP contribution in [0.2, 0.25) is 0 Å². The van der Waals surface area contributed by atoms with Crippen molar-refractivity contribution >= 4 is 17.7 Å². The third-order valence-corrected chi connectivity index (χ3v) is 3.77. The number of hydrogen-bond acceptors (Lipinski definition) is 3. The SMILES string of the molecule is CCCCN1C(=O)c2ccc(C(=O)N(C)CC)cc2C1=O. The van der Waals surface area contributed by atoms with Crippen LogP contribution in [-0.4, -0.2) is 47.7 Å². The molecule has 5 heteroatoms. The van der Waals surface area contributed by atoms with Crippen LogP contribution < -0.4 is 0 Å². The zero-order valence-electron chi connectivity index (χ0n) is 12.7. The van der Waals surface area contributed by atoms with Crippen LogP contribution in [-0.2, 0) is 0 Å². The average Bonchev–Trinajstić information content (AvgIpc) is 2.75. The molecule has 112 valence electrons. The number of carbonyl (C=O) groups is 3. The summed E-state index contributed by atoms with van der Waals surface area (Å²) in [5.74, 6) is -0.698. The molecule has 1 aromatic carbocycles. The van der Waals surface area contributed by atoms with E-state index in [2.05, 4.69) is 0 Å². The smallest absolute Gasteiger partial charge is 0.261 e. The Kier molecular flexibility index (Phi) is 4.40.